The highest BCUT2D eigenvalue weighted by Gasteiger charge is 2.34. The van der Waals surface area contributed by atoms with Crippen LogP contribution in [0.3, 0.4) is 0 Å². The minimum Gasteiger partial charge on any atom is -0.341 e. The van der Waals surface area contributed by atoms with Gasteiger partial charge in [-0.05, 0) is 31.4 Å². The summed E-state index contributed by atoms with van der Waals surface area (Å²) in [6, 6.07) is 9.23. The summed E-state index contributed by atoms with van der Waals surface area (Å²) >= 11 is 0. The Bertz CT molecular complexity index is 670. The van der Waals surface area contributed by atoms with Gasteiger partial charge in [-0.2, -0.15) is 0 Å². The number of sulfonamides is 1. The lowest BCUT2D eigenvalue weighted by atomic mass is 9.98. The highest BCUT2D eigenvalue weighted by molar-refractivity contribution is 7.88. The zero-order valence-electron chi connectivity index (χ0n) is 14.6. The molecule has 0 aromatic heterocycles. The minimum absolute atomic E-state index is 0.00237. The van der Waals surface area contributed by atoms with Crippen molar-refractivity contribution < 1.29 is 13.2 Å². The molecule has 2 fully saturated rings. The Labute approximate surface area is 150 Å². The Balaban J connectivity index is 1.64. The number of piperidine rings is 1. The summed E-state index contributed by atoms with van der Waals surface area (Å²) in [6.45, 7) is 4.06. The molecule has 3 rings (SSSR count). The van der Waals surface area contributed by atoms with Gasteiger partial charge in [0, 0.05) is 32.7 Å². The number of hydrogen-bond donors (Lipinski definition) is 1. The summed E-state index contributed by atoms with van der Waals surface area (Å²) in [5, 5.41) is 3.30. The predicted molar refractivity (Wildman–Crippen MR) is 97.4 cm³/mol. The lowest BCUT2D eigenvalue weighted by Crippen LogP contribution is -2.47. The highest BCUT2D eigenvalue weighted by atomic mass is 32.2. The maximum atomic E-state index is 12.8. The molecule has 1 N–H and O–H groups in total. The second kappa shape index (κ2) is 8.29. The molecule has 6 nitrogen and oxygen atoms in total. The van der Waals surface area contributed by atoms with E-state index in [9.17, 15) is 13.2 Å². The van der Waals surface area contributed by atoms with Crippen molar-refractivity contribution in [1.82, 2.24) is 14.5 Å². The van der Waals surface area contributed by atoms with E-state index in [4.69, 9.17) is 0 Å². The van der Waals surface area contributed by atoms with E-state index in [-0.39, 0.29) is 17.6 Å². The van der Waals surface area contributed by atoms with Crippen molar-refractivity contribution in [1.29, 1.82) is 0 Å². The van der Waals surface area contributed by atoms with Crippen LogP contribution in [0.15, 0.2) is 30.3 Å². The summed E-state index contributed by atoms with van der Waals surface area (Å²) in [5.41, 5.74) is 0.787. The fraction of sp³-hybridized carbons (Fsp3) is 0.611. The van der Waals surface area contributed by atoms with E-state index in [0.717, 1.165) is 44.5 Å². The molecule has 0 aliphatic carbocycles. The molecule has 0 spiro atoms. The molecule has 1 atom stereocenters. The molecule has 1 aromatic carbocycles. The Morgan fingerprint density at radius 2 is 1.88 bits per heavy atom. The quantitative estimate of drug-likeness (QED) is 0.866. The van der Waals surface area contributed by atoms with Crippen LogP contribution in [-0.4, -0.2) is 62.8 Å². The normalized spacial score (nSPS) is 23.2. The topological polar surface area (TPSA) is 69.7 Å². The maximum Gasteiger partial charge on any atom is 0.227 e. The van der Waals surface area contributed by atoms with Crippen LogP contribution in [0.25, 0.3) is 0 Å². The van der Waals surface area contributed by atoms with Gasteiger partial charge in [0.15, 0.2) is 0 Å². The molecule has 1 unspecified atom stereocenters. The van der Waals surface area contributed by atoms with Crippen molar-refractivity contribution in [3.63, 3.8) is 0 Å². The second-order valence-electron chi connectivity index (χ2n) is 6.87. The summed E-state index contributed by atoms with van der Waals surface area (Å²) in [5.74, 6) is -0.0942. The van der Waals surface area contributed by atoms with E-state index in [1.54, 1.807) is 0 Å². The van der Waals surface area contributed by atoms with Crippen LogP contribution in [0.4, 0.5) is 0 Å². The smallest absolute Gasteiger partial charge is 0.227 e. The molecule has 0 bridgehead atoms. The molecular weight excluding hydrogens is 338 g/mol. The molecule has 2 aliphatic heterocycles. The molecular formula is C18H27N3O3S. The molecule has 2 heterocycles. The number of hydrogen-bond acceptors (Lipinski definition) is 4. The second-order valence-corrected chi connectivity index (χ2v) is 8.84. The molecule has 0 saturated carbocycles. The first-order valence-corrected chi connectivity index (χ1v) is 10.7. The van der Waals surface area contributed by atoms with Gasteiger partial charge in [-0.25, -0.2) is 12.7 Å². The van der Waals surface area contributed by atoms with Gasteiger partial charge in [0.1, 0.15) is 0 Å². The number of carbonyl (C=O) groups is 1. The zero-order chi connectivity index (χ0) is 17.7. The average molecular weight is 365 g/mol. The van der Waals surface area contributed by atoms with Crippen molar-refractivity contribution in [2.24, 2.45) is 5.92 Å². The molecule has 0 radical (unpaired) electrons. The van der Waals surface area contributed by atoms with Gasteiger partial charge in [0.25, 0.3) is 0 Å². The largest absolute Gasteiger partial charge is 0.341 e. The Morgan fingerprint density at radius 1 is 1.08 bits per heavy atom. The van der Waals surface area contributed by atoms with Gasteiger partial charge in [-0.3, -0.25) is 4.79 Å². The standard InChI is InChI=1S/C18H27N3O3S/c22-18(20-11-5-9-19-10-13-20)17-8-4-12-21(14-17)25(23,24)15-16-6-2-1-3-7-16/h1-3,6-7,17,19H,4-5,8-15H2. The van der Waals surface area contributed by atoms with E-state index in [0.29, 0.717) is 19.6 Å². The van der Waals surface area contributed by atoms with Crippen LogP contribution >= 0.6 is 0 Å². The van der Waals surface area contributed by atoms with Crippen LogP contribution in [0.5, 0.6) is 0 Å². The Hall–Kier alpha value is -1.44. The third-order valence-electron chi connectivity index (χ3n) is 4.97. The lowest BCUT2D eigenvalue weighted by molar-refractivity contribution is -0.136. The molecule has 2 saturated heterocycles. The SMILES string of the molecule is O=C(C1CCCN(S(=O)(=O)Cc2ccccc2)C1)N1CCCNCC1. The molecule has 1 amide bonds. The minimum atomic E-state index is -3.39. The summed E-state index contributed by atoms with van der Waals surface area (Å²) in [7, 11) is -3.39. The first-order chi connectivity index (χ1) is 12.1. The van der Waals surface area contributed by atoms with Gasteiger partial charge >= 0.3 is 0 Å². The number of benzene rings is 1. The summed E-state index contributed by atoms with van der Waals surface area (Å²) in [6.07, 6.45) is 2.48. The van der Waals surface area contributed by atoms with Crippen molar-refractivity contribution >= 4 is 15.9 Å². The fourth-order valence-electron chi connectivity index (χ4n) is 3.60. The van der Waals surface area contributed by atoms with Gasteiger partial charge < -0.3 is 10.2 Å². The van der Waals surface area contributed by atoms with Gasteiger partial charge in [-0.1, -0.05) is 30.3 Å². The van der Waals surface area contributed by atoms with Gasteiger partial charge in [0.2, 0.25) is 15.9 Å². The fourth-order valence-corrected chi connectivity index (χ4v) is 5.21. The number of carbonyl (C=O) groups excluding carboxylic acids is 1. The van der Waals surface area contributed by atoms with Crippen molar-refractivity contribution in [3.8, 4) is 0 Å². The average Bonchev–Trinajstić information content (AvgIpc) is 2.91. The van der Waals surface area contributed by atoms with E-state index in [2.05, 4.69) is 5.32 Å². The maximum absolute atomic E-state index is 12.8. The predicted octanol–water partition coefficient (Wildman–Crippen LogP) is 1.05. The molecule has 2 aliphatic rings. The highest BCUT2D eigenvalue weighted by Crippen LogP contribution is 2.23. The van der Waals surface area contributed by atoms with E-state index < -0.39 is 10.0 Å². The van der Waals surface area contributed by atoms with E-state index in [1.165, 1.54) is 4.31 Å². The molecule has 1 aromatic rings. The van der Waals surface area contributed by atoms with Crippen LogP contribution < -0.4 is 5.32 Å². The lowest BCUT2D eigenvalue weighted by Gasteiger charge is -2.34. The third kappa shape index (κ3) is 4.80. The van der Waals surface area contributed by atoms with Crippen LogP contribution in [0.2, 0.25) is 0 Å². The third-order valence-corrected chi connectivity index (χ3v) is 6.79. The number of nitrogens with one attached hydrogen (secondary N) is 1. The first-order valence-electron chi connectivity index (χ1n) is 9.07. The van der Waals surface area contributed by atoms with Crippen molar-refractivity contribution in [2.75, 3.05) is 39.3 Å². The monoisotopic (exact) mass is 365 g/mol. The van der Waals surface area contributed by atoms with Crippen LogP contribution in [0, 0.1) is 5.92 Å². The molecule has 25 heavy (non-hydrogen) atoms. The van der Waals surface area contributed by atoms with Crippen LogP contribution in [0.1, 0.15) is 24.8 Å². The first kappa shape index (κ1) is 18.4. The van der Waals surface area contributed by atoms with E-state index in [1.807, 2.05) is 35.2 Å². The molecule has 7 heteroatoms. The Morgan fingerprint density at radius 3 is 2.68 bits per heavy atom. The van der Waals surface area contributed by atoms with Crippen molar-refractivity contribution in [2.45, 2.75) is 25.0 Å². The van der Waals surface area contributed by atoms with Crippen molar-refractivity contribution in [3.05, 3.63) is 35.9 Å². The van der Waals surface area contributed by atoms with E-state index >= 15 is 0 Å². The molecule has 138 valence electrons. The summed E-state index contributed by atoms with van der Waals surface area (Å²) in [4.78, 5) is 14.7. The van der Waals surface area contributed by atoms with Gasteiger partial charge in [0.05, 0.1) is 11.7 Å². The van der Waals surface area contributed by atoms with Crippen LogP contribution in [-0.2, 0) is 20.6 Å². The zero-order valence-corrected chi connectivity index (χ0v) is 15.4. The number of nitrogens with zero attached hydrogens (tertiary/aromatic N) is 2. The number of rotatable bonds is 4. The summed E-state index contributed by atoms with van der Waals surface area (Å²) < 4.78 is 27.0. The van der Waals surface area contributed by atoms with Gasteiger partial charge in [-0.15, -0.1) is 0 Å². The number of amides is 1. The Kier molecular flexibility index (Phi) is 6.09.